The van der Waals surface area contributed by atoms with Gasteiger partial charge in [-0.25, -0.2) is 13.4 Å². The van der Waals surface area contributed by atoms with Gasteiger partial charge in [0.25, 0.3) is 0 Å². The van der Waals surface area contributed by atoms with Crippen molar-refractivity contribution in [2.75, 3.05) is 11.1 Å². The molecule has 38 heavy (non-hydrogen) atoms. The summed E-state index contributed by atoms with van der Waals surface area (Å²) in [7, 11) is -13.3. The molecule has 0 aliphatic heterocycles. The Bertz CT molecular complexity index is 1600. The number of anilines is 2. The second-order valence-corrected chi connectivity index (χ2v) is 14.2. The van der Waals surface area contributed by atoms with Crippen molar-refractivity contribution < 1.29 is 27.8 Å². The number of fused-ring (bicyclic) bond motifs is 1. The van der Waals surface area contributed by atoms with Crippen molar-refractivity contribution in [2.24, 2.45) is 0 Å². The summed E-state index contributed by atoms with van der Waals surface area (Å²) in [6, 6.07) is 10.9. The van der Waals surface area contributed by atoms with E-state index in [4.69, 9.17) is 5.73 Å². The number of imidazole rings is 1. The Kier molecular flexibility index (Phi) is 5.77. The zero-order valence-corrected chi connectivity index (χ0v) is 21.5. The number of nitrogens with one attached hydrogen (secondary N) is 1. The highest BCUT2D eigenvalue weighted by Gasteiger charge is 2.65. The lowest BCUT2D eigenvalue weighted by Gasteiger charge is -2.40. The van der Waals surface area contributed by atoms with E-state index in [0.29, 0.717) is 49.2 Å². The van der Waals surface area contributed by atoms with Crippen LogP contribution in [0.1, 0.15) is 25.7 Å². The predicted octanol–water partition coefficient (Wildman–Crippen LogP) is 7.44. The van der Waals surface area contributed by atoms with E-state index < -0.39 is 30.2 Å². The molecular formula is C25H25F5N4O2S2. The highest BCUT2D eigenvalue weighted by atomic mass is 32.5. The van der Waals surface area contributed by atoms with Crippen LogP contribution >= 0.6 is 10.2 Å². The number of nitrogens with zero attached hydrogens (tertiary/aromatic N) is 2. The fraction of sp³-hybridized carbons (Fsp3) is 0.240. The maximum Gasteiger partial charge on any atom is 0.310 e. The number of rotatable bonds is 6. The van der Waals surface area contributed by atoms with Crippen LogP contribution in [0.25, 0.3) is 16.8 Å². The molecule has 1 saturated carbocycles. The van der Waals surface area contributed by atoms with Gasteiger partial charge in [0.1, 0.15) is 4.90 Å². The van der Waals surface area contributed by atoms with Gasteiger partial charge in [-0.15, -0.1) is 0 Å². The first-order valence-electron chi connectivity index (χ1n) is 11.8. The van der Waals surface area contributed by atoms with Gasteiger partial charge in [0.15, 0.2) is 15.5 Å². The van der Waals surface area contributed by atoms with Gasteiger partial charge in [-0.05, 0) is 73.7 Å². The van der Waals surface area contributed by atoms with Crippen molar-refractivity contribution >= 4 is 37.1 Å². The molecule has 0 unspecified atom stereocenters. The quantitative estimate of drug-likeness (QED) is 0.235. The lowest BCUT2D eigenvalue weighted by atomic mass is 9.95. The van der Waals surface area contributed by atoms with Gasteiger partial charge in [-0.3, -0.25) is 0 Å². The summed E-state index contributed by atoms with van der Waals surface area (Å²) in [5, 5.41) is 2.43. The van der Waals surface area contributed by atoms with Crippen molar-refractivity contribution in [1.82, 2.24) is 9.38 Å². The van der Waals surface area contributed by atoms with Crippen LogP contribution in [0.5, 0.6) is 0 Å². The van der Waals surface area contributed by atoms with Crippen molar-refractivity contribution in [1.29, 1.82) is 0 Å². The number of nitrogen functional groups attached to an aromatic ring is 1. The molecule has 2 heterocycles. The van der Waals surface area contributed by atoms with Crippen LogP contribution in [0.3, 0.4) is 0 Å². The average Bonchev–Trinajstić information content (AvgIpc) is 3.33. The van der Waals surface area contributed by atoms with Crippen molar-refractivity contribution in [3.63, 3.8) is 0 Å². The minimum Gasteiger partial charge on any atom is -0.396 e. The van der Waals surface area contributed by atoms with E-state index in [1.165, 1.54) is 0 Å². The molecule has 204 valence electrons. The summed E-state index contributed by atoms with van der Waals surface area (Å²) >= 11 is 0. The molecule has 0 spiro atoms. The summed E-state index contributed by atoms with van der Waals surface area (Å²) in [6.07, 6.45) is 6.93. The lowest BCUT2D eigenvalue weighted by Crippen LogP contribution is -2.32. The third kappa shape index (κ3) is 5.30. The molecular weight excluding hydrogens is 547 g/mol. The van der Waals surface area contributed by atoms with Crippen molar-refractivity contribution in [3.05, 3.63) is 73.2 Å². The fourth-order valence-corrected chi connectivity index (χ4v) is 7.25. The van der Waals surface area contributed by atoms with E-state index >= 15 is 0 Å². The Hall–Kier alpha value is -3.32. The van der Waals surface area contributed by atoms with Gasteiger partial charge in [0.05, 0.1) is 15.8 Å². The Balaban J connectivity index is 1.23. The molecule has 4 aromatic rings. The minimum absolute atomic E-state index is 0.182. The van der Waals surface area contributed by atoms with Gasteiger partial charge >= 0.3 is 10.2 Å². The molecule has 0 radical (unpaired) electrons. The Morgan fingerprint density at radius 2 is 1.53 bits per heavy atom. The number of pyridine rings is 1. The van der Waals surface area contributed by atoms with Gasteiger partial charge in [-0.2, -0.15) is 0 Å². The summed E-state index contributed by atoms with van der Waals surface area (Å²) < 4.78 is 92.9. The molecule has 0 saturated heterocycles. The Labute approximate surface area is 216 Å². The average molecular weight is 573 g/mol. The summed E-state index contributed by atoms with van der Waals surface area (Å²) in [5.41, 5.74) is 9.10. The third-order valence-electron chi connectivity index (χ3n) is 6.82. The van der Waals surface area contributed by atoms with Crippen LogP contribution in [-0.2, 0) is 9.84 Å². The molecule has 3 N–H and O–H groups in total. The topological polar surface area (TPSA) is 89.5 Å². The van der Waals surface area contributed by atoms with Crippen LogP contribution < -0.4 is 11.1 Å². The standard InChI is InChI=1S/C25H25F5N4O2S2/c26-38(27,28,29,30)23-11-5-20(6-12-23)33-19-3-9-22(10-4-19)37(35,36)21-7-1-17(2-8-21)18-15-24(31)25-32-13-14-34(25)16-18/h1-2,5-8,11-16,19,22,33H,3-4,9-10,31H2. The summed E-state index contributed by atoms with van der Waals surface area (Å²) in [6.45, 7) is 0. The van der Waals surface area contributed by atoms with Gasteiger partial charge in [0, 0.05) is 35.9 Å². The van der Waals surface area contributed by atoms with E-state index in [1.807, 2.05) is 6.20 Å². The molecule has 0 bridgehead atoms. The first-order chi connectivity index (χ1) is 17.6. The lowest BCUT2D eigenvalue weighted by molar-refractivity contribution is 0.364. The number of nitrogens with two attached hydrogens (primary N) is 1. The maximum absolute atomic E-state index is 13.3. The number of hydrogen-bond donors (Lipinski definition) is 2. The summed E-state index contributed by atoms with van der Waals surface area (Å²) in [5.74, 6) is 0. The monoisotopic (exact) mass is 572 g/mol. The Morgan fingerprint density at radius 3 is 2.13 bits per heavy atom. The molecule has 2 aromatic carbocycles. The van der Waals surface area contributed by atoms with Gasteiger partial charge in [-0.1, -0.05) is 31.6 Å². The Morgan fingerprint density at radius 1 is 0.895 bits per heavy atom. The number of benzene rings is 2. The van der Waals surface area contributed by atoms with E-state index in [0.717, 1.165) is 23.3 Å². The molecule has 13 heteroatoms. The molecule has 2 aromatic heterocycles. The van der Waals surface area contributed by atoms with E-state index in [-0.39, 0.29) is 16.6 Å². The van der Waals surface area contributed by atoms with E-state index in [1.54, 1.807) is 47.1 Å². The molecule has 0 atom stereocenters. The van der Waals surface area contributed by atoms with Crippen LogP contribution in [-0.4, -0.2) is 29.1 Å². The van der Waals surface area contributed by atoms with Gasteiger partial charge in [0.2, 0.25) is 0 Å². The maximum atomic E-state index is 13.3. The fourth-order valence-electron chi connectivity index (χ4n) is 4.81. The van der Waals surface area contributed by atoms with Crippen LogP contribution in [0, 0.1) is 0 Å². The SMILES string of the molecule is Nc1cc(-c2ccc(S(=O)(=O)C3CCC(Nc4ccc(S(F)(F)(F)(F)F)cc4)CC3)cc2)cn2ccnc12. The highest BCUT2D eigenvalue weighted by Crippen LogP contribution is 3.02. The zero-order chi connectivity index (χ0) is 27.4. The molecule has 0 amide bonds. The normalized spacial score (nSPS) is 20.6. The van der Waals surface area contributed by atoms with Crippen molar-refractivity contribution in [3.8, 4) is 11.1 Å². The third-order valence-corrected chi connectivity index (χ3v) is 10.3. The number of sulfone groups is 1. The zero-order valence-electron chi connectivity index (χ0n) is 19.9. The second-order valence-electron chi connectivity index (χ2n) is 9.52. The molecule has 1 aliphatic carbocycles. The molecule has 1 fully saturated rings. The van der Waals surface area contributed by atoms with E-state index in [9.17, 15) is 27.8 Å². The van der Waals surface area contributed by atoms with Crippen LogP contribution in [0.2, 0.25) is 0 Å². The molecule has 6 nitrogen and oxygen atoms in total. The number of hydrogen-bond acceptors (Lipinski definition) is 5. The number of aromatic nitrogens is 2. The summed E-state index contributed by atoms with van der Waals surface area (Å²) in [4.78, 5) is 2.45. The van der Waals surface area contributed by atoms with Crippen molar-refractivity contribution in [2.45, 2.75) is 46.8 Å². The first kappa shape index (κ1) is 26.3. The highest BCUT2D eigenvalue weighted by molar-refractivity contribution is 8.45. The largest absolute Gasteiger partial charge is 0.396 e. The van der Waals surface area contributed by atoms with Crippen LogP contribution in [0.4, 0.5) is 30.8 Å². The van der Waals surface area contributed by atoms with Gasteiger partial charge < -0.3 is 15.5 Å². The molecule has 1 aliphatic rings. The number of halogens is 5. The smallest absolute Gasteiger partial charge is 0.310 e. The minimum atomic E-state index is -9.72. The first-order valence-corrected chi connectivity index (χ1v) is 15.3. The second kappa shape index (κ2) is 8.34. The molecule has 5 rings (SSSR count). The van der Waals surface area contributed by atoms with Crippen LogP contribution in [0.15, 0.2) is 83.0 Å². The predicted molar refractivity (Wildman–Crippen MR) is 140 cm³/mol. The van der Waals surface area contributed by atoms with E-state index in [2.05, 4.69) is 10.3 Å².